The third-order valence-electron chi connectivity index (χ3n) is 3.02. The lowest BCUT2D eigenvalue weighted by Gasteiger charge is -2.07. The predicted octanol–water partition coefficient (Wildman–Crippen LogP) is 2.93. The van der Waals surface area contributed by atoms with Gasteiger partial charge in [-0.05, 0) is 31.2 Å². The maximum Gasteiger partial charge on any atom is 0.253 e. The summed E-state index contributed by atoms with van der Waals surface area (Å²) in [6, 6.07) is 9.75. The minimum Gasteiger partial charge on any atom is -0.370 e. The van der Waals surface area contributed by atoms with Crippen molar-refractivity contribution in [2.45, 2.75) is 20.8 Å². The molecule has 0 amide bonds. The van der Waals surface area contributed by atoms with Crippen LogP contribution in [-0.4, -0.2) is 20.9 Å². The molecule has 3 aromatic rings. The van der Waals surface area contributed by atoms with Crippen molar-refractivity contribution in [3.63, 3.8) is 0 Å². The molecule has 0 saturated heterocycles. The second-order valence-corrected chi connectivity index (χ2v) is 4.67. The van der Waals surface area contributed by atoms with E-state index in [2.05, 4.69) is 19.9 Å². The maximum atomic E-state index is 5.42. The minimum absolute atomic E-state index is 0.0675. The number of pyridine rings is 1. The van der Waals surface area contributed by atoms with E-state index in [1.165, 1.54) is 0 Å². The molecule has 6 nitrogen and oxygen atoms in total. The second-order valence-electron chi connectivity index (χ2n) is 4.67. The van der Waals surface area contributed by atoms with Crippen molar-refractivity contribution in [2.75, 3.05) is 0 Å². The van der Waals surface area contributed by atoms with Gasteiger partial charge in [0.2, 0.25) is 0 Å². The lowest BCUT2D eigenvalue weighted by Crippen LogP contribution is -2.22. The van der Waals surface area contributed by atoms with Gasteiger partial charge in [-0.2, -0.15) is 4.99 Å². The van der Waals surface area contributed by atoms with Crippen LogP contribution in [0.25, 0.3) is 22.2 Å². The van der Waals surface area contributed by atoms with E-state index in [1.807, 2.05) is 51.1 Å². The number of fused-ring (bicyclic) bond motifs is 1. The fraction of sp³-hybridized carbons (Fsp3) is 0.176. The number of benzene rings is 1. The van der Waals surface area contributed by atoms with Gasteiger partial charge < -0.3 is 11.5 Å². The van der Waals surface area contributed by atoms with Crippen LogP contribution >= 0.6 is 0 Å². The largest absolute Gasteiger partial charge is 0.370 e. The molecule has 0 atom stereocenters. The van der Waals surface area contributed by atoms with E-state index in [0.717, 1.165) is 27.7 Å². The Morgan fingerprint density at radius 1 is 1.00 bits per heavy atom. The van der Waals surface area contributed by atoms with E-state index in [4.69, 9.17) is 11.5 Å². The first kappa shape index (κ1) is 16.4. The number of nitrogens with zero attached hydrogens (tertiary/aromatic N) is 4. The summed E-state index contributed by atoms with van der Waals surface area (Å²) in [6.07, 6.45) is 3.44. The first-order valence-electron chi connectivity index (χ1n) is 7.42. The number of hydrogen-bond acceptors (Lipinski definition) is 4. The van der Waals surface area contributed by atoms with Crippen LogP contribution in [0, 0.1) is 6.92 Å². The second kappa shape index (κ2) is 7.31. The van der Waals surface area contributed by atoms with Crippen molar-refractivity contribution in [2.24, 2.45) is 16.5 Å². The number of rotatable bonds is 2. The maximum absolute atomic E-state index is 5.42. The third-order valence-corrected chi connectivity index (χ3v) is 3.02. The lowest BCUT2D eigenvalue weighted by atomic mass is 10.1. The molecule has 0 spiro atoms. The predicted molar refractivity (Wildman–Crippen MR) is 94.3 cm³/mol. The first-order valence-corrected chi connectivity index (χ1v) is 7.42. The number of aryl methyl sites for hydroxylation is 1. The van der Waals surface area contributed by atoms with Gasteiger partial charge in [0.15, 0.2) is 5.96 Å². The van der Waals surface area contributed by atoms with Crippen molar-refractivity contribution in [1.82, 2.24) is 15.0 Å². The highest BCUT2D eigenvalue weighted by atomic mass is 15.1. The molecule has 0 bridgehead atoms. The number of aliphatic imine (C=N–C) groups is 1. The third kappa shape index (κ3) is 3.79. The van der Waals surface area contributed by atoms with E-state index in [0.29, 0.717) is 0 Å². The van der Waals surface area contributed by atoms with E-state index in [-0.39, 0.29) is 11.9 Å². The Hall–Kier alpha value is -3.02. The van der Waals surface area contributed by atoms with Crippen LogP contribution in [0.5, 0.6) is 0 Å². The Morgan fingerprint density at radius 3 is 2.35 bits per heavy atom. The normalized spacial score (nSPS) is 9.87. The van der Waals surface area contributed by atoms with Crippen molar-refractivity contribution < 1.29 is 0 Å². The van der Waals surface area contributed by atoms with E-state index < -0.39 is 0 Å². The molecule has 118 valence electrons. The van der Waals surface area contributed by atoms with Crippen LogP contribution in [0.15, 0.2) is 47.7 Å². The quantitative estimate of drug-likeness (QED) is 0.559. The number of guanidine groups is 1. The van der Waals surface area contributed by atoms with Crippen LogP contribution in [0.2, 0.25) is 0 Å². The summed E-state index contributed by atoms with van der Waals surface area (Å²) in [5.41, 5.74) is 14.5. The van der Waals surface area contributed by atoms with Gasteiger partial charge in [0.1, 0.15) is 0 Å². The number of nitrogens with two attached hydrogens (primary N) is 2. The van der Waals surface area contributed by atoms with Gasteiger partial charge >= 0.3 is 0 Å². The van der Waals surface area contributed by atoms with Gasteiger partial charge in [0.05, 0.1) is 11.2 Å². The Morgan fingerprint density at radius 2 is 1.70 bits per heavy atom. The zero-order valence-corrected chi connectivity index (χ0v) is 13.5. The van der Waals surface area contributed by atoms with Gasteiger partial charge in [-0.3, -0.25) is 4.98 Å². The fourth-order valence-corrected chi connectivity index (χ4v) is 2.13. The molecular formula is C17H20N6. The minimum atomic E-state index is -0.0675. The lowest BCUT2D eigenvalue weighted by molar-refractivity contribution is 1.17. The average molecular weight is 308 g/mol. The molecule has 23 heavy (non-hydrogen) atoms. The molecule has 1 aromatic carbocycles. The summed E-state index contributed by atoms with van der Waals surface area (Å²) >= 11 is 0. The molecule has 6 heteroatoms. The summed E-state index contributed by atoms with van der Waals surface area (Å²) in [5, 5.41) is 0.954. The number of hydrogen-bond donors (Lipinski definition) is 2. The van der Waals surface area contributed by atoms with Gasteiger partial charge in [-0.15, -0.1) is 0 Å². The molecule has 0 unspecified atom stereocenters. The van der Waals surface area contributed by atoms with Gasteiger partial charge in [0.25, 0.3) is 5.95 Å². The van der Waals surface area contributed by atoms with Crippen LogP contribution in [0.4, 0.5) is 5.95 Å². The first-order chi connectivity index (χ1) is 11.1. The highest BCUT2D eigenvalue weighted by molar-refractivity contribution is 5.93. The zero-order valence-electron chi connectivity index (χ0n) is 13.5. The highest BCUT2D eigenvalue weighted by Gasteiger charge is 2.10. The Kier molecular flexibility index (Phi) is 5.19. The molecule has 2 heterocycles. The molecule has 0 fully saturated rings. The molecular weight excluding hydrogens is 288 g/mol. The zero-order chi connectivity index (χ0) is 16.8. The molecule has 3 rings (SSSR count). The highest BCUT2D eigenvalue weighted by Crippen LogP contribution is 2.28. The number of aromatic nitrogens is 3. The summed E-state index contributed by atoms with van der Waals surface area (Å²) in [5.74, 6) is 0.181. The fourth-order valence-electron chi connectivity index (χ4n) is 2.13. The van der Waals surface area contributed by atoms with Gasteiger partial charge in [-0.25, -0.2) is 9.97 Å². The van der Waals surface area contributed by atoms with E-state index in [1.54, 1.807) is 12.4 Å². The monoisotopic (exact) mass is 308 g/mol. The molecule has 0 aliphatic rings. The van der Waals surface area contributed by atoms with Crippen LogP contribution in [0.1, 0.15) is 19.4 Å². The summed E-state index contributed by atoms with van der Waals surface area (Å²) < 4.78 is 0. The van der Waals surface area contributed by atoms with Crippen LogP contribution in [0.3, 0.4) is 0 Å². The summed E-state index contributed by atoms with van der Waals surface area (Å²) in [6.45, 7) is 6.03. The van der Waals surface area contributed by atoms with Gasteiger partial charge in [-0.1, -0.05) is 25.5 Å². The van der Waals surface area contributed by atoms with E-state index >= 15 is 0 Å². The molecule has 2 aromatic heterocycles. The van der Waals surface area contributed by atoms with Crippen molar-refractivity contribution >= 4 is 22.8 Å². The van der Waals surface area contributed by atoms with E-state index in [9.17, 15) is 0 Å². The summed E-state index contributed by atoms with van der Waals surface area (Å²) in [4.78, 5) is 16.8. The smallest absolute Gasteiger partial charge is 0.253 e. The molecule has 0 saturated carbocycles. The Labute approximate surface area is 135 Å². The van der Waals surface area contributed by atoms with Crippen LogP contribution < -0.4 is 11.5 Å². The van der Waals surface area contributed by atoms with Gasteiger partial charge in [0, 0.05) is 23.3 Å². The van der Waals surface area contributed by atoms with Crippen molar-refractivity contribution in [1.29, 1.82) is 0 Å². The van der Waals surface area contributed by atoms with Crippen molar-refractivity contribution in [3.8, 4) is 11.3 Å². The molecule has 0 radical (unpaired) electrons. The molecule has 0 aliphatic heterocycles. The van der Waals surface area contributed by atoms with Crippen LogP contribution in [-0.2, 0) is 0 Å². The average Bonchev–Trinajstić information content (AvgIpc) is 2.56. The Balaban J connectivity index is 0.000000924. The summed E-state index contributed by atoms with van der Waals surface area (Å²) in [7, 11) is 0. The SMILES string of the molecule is CC.Cc1ccc2nc(N=C(N)N)nc(-c3ccncc3)c2c1. The Bertz CT molecular complexity index is 823. The van der Waals surface area contributed by atoms with Crippen molar-refractivity contribution in [3.05, 3.63) is 48.3 Å². The standard InChI is InChI=1S/C15H14N6.C2H6/c1-9-2-3-12-11(8-9)13(10-4-6-18-7-5-10)20-15(19-12)21-14(16)17;1-2/h2-8H,1H3,(H4,16,17,19,20,21);1-2H3. The molecule has 4 N–H and O–H groups in total. The topological polar surface area (TPSA) is 103 Å². The molecule has 0 aliphatic carbocycles.